The van der Waals surface area contributed by atoms with E-state index in [1.165, 1.54) is 24.6 Å². The van der Waals surface area contributed by atoms with Crippen LogP contribution in [0.5, 0.6) is 0 Å². The normalized spacial score (nSPS) is 18.7. The number of hydrogen-bond donors (Lipinski definition) is 1. The summed E-state index contributed by atoms with van der Waals surface area (Å²) in [5.41, 5.74) is 2.42. The van der Waals surface area contributed by atoms with Crippen molar-refractivity contribution in [3.63, 3.8) is 0 Å². The first-order valence-corrected chi connectivity index (χ1v) is 11.1. The average Bonchev–Trinajstić information content (AvgIpc) is 2.84. The highest BCUT2D eigenvalue weighted by Crippen LogP contribution is 2.30. The number of fused-ring (bicyclic) bond motifs is 1. The van der Waals surface area contributed by atoms with E-state index in [1.54, 1.807) is 6.07 Å². The SMILES string of the molecule is C[C@@H](OC(=O)c1cc(N2CCOCC2)ccc1[N+](=O)[O-])C(=O)N[C@@H]1CCCc2ccccc21. The van der Waals surface area contributed by atoms with Crippen molar-refractivity contribution in [1.29, 1.82) is 0 Å². The molecule has 0 bridgehead atoms. The number of anilines is 1. The minimum atomic E-state index is -1.10. The topological polar surface area (TPSA) is 111 Å². The largest absolute Gasteiger partial charge is 0.449 e. The van der Waals surface area contributed by atoms with E-state index in [0.29, 0.717) is 32.0 Å². The predicted octanol–water partition coefficient (Wildman–Crippen LogP) is 3.17. The van der Waals surface area contributed by atoms with Gasteiger partial charge >= 0.3 is 5.97 Å². The fourth-order valence-corrected chi connectivity index (χ4v) is 4.34. The molecule has 1 aliphatic heterocycles. The van der Waals surface area contributed by atoms with Crippen LogP contribution >= 0.6 is 0 Å². The van der Waals surface area contributed by atoms with E-state index >= 15 is 0 Å². The zero-order chi connectivity index (χ0) is 23.4. The Morgan fingerprint density at radius 3 is 2.73 bits per heavy atom. The van der Waals surface area contributed by atoms with Crippen molar-refractivity contribution in [2.45, 2.75) is 38.3 Å². The molecule has 1 heterocycles. The average molecular weight is 453 g/mol. The Kier molecular flexibility index (Phi) is 6.88. The summed E-state index contributed by atoms with van der Waals surface area (Å²) < 4.78 is 10.7. The third kappa shape index (κ3) is 5.14. The maximum Gasteiger partial charge on any atom is 0.346 e. The van der Waals surface area contributed by atoms with Crippen molar-refractivity contribution in [1.82, 2.24) is 5.32 Å². The van der Waals surface area contributed by atoms with Gasteiger partial charge in [0.1, 0.15) is 5.56 Å². The van der Waals surface area contributed by atoms with Gasteiger partial charge in [0.2, 0.25) is 0 Å². The molecule has 4 rings (SSSR count). The second-order valence-corrected chi connectivity index (χ2v) is 8.26. The van der Waals surface area contributed by atoms with Gasteiger partial charge in [0.15, 0.2) is 6.10 Å². The molecule has 2 aromatic carbocycles. The summed E-state index contributed by atoms with van der Waals surface area (Å²) in [6.45, 7) is 3.79. The summed E-state index contributed by atoms with van der Waals surface area (Å²) in [6, 6.07) is 12.2. The Hall–Kier alpha value is -3.46. The second-order valence-electron chi connectivity index (χ2n) is 8.26. The molecule has 9 heteroatoms. The van der Waals surface area contributed by atoms with Gasteiger partial charge < -0.3 is 19.7 Å². The number of aryl methyl sites for hydroxylation is 1. The summed E-state index contributed by atoms with van der Waals surface area (Å²) in [6.07, 6.45) is 1.63. The molecule has 2 aromatic rings. The number of benzene rings is 2. The number of ether oxygens (including phenoxy) is 2. The number of nitrogens with one attached hydrogen (secondary N) is 1. The van der Waals surface area contributed by atoms with E-state index in [1.807, 2.05) is 23.1 Å². The molecule has 0 saturated carbocycles. The van der Waals surface area contributed by atoms with Gasteiger partial charge in [-0.3, -0.25) is 14.9 Å². The third-order valence-corrected chi connectivity index (χ3v) is 6.11. The number of nitro groups is 1. The molecule has 1 fully saturated rings. The number of morpholine rings is 1. The van der Waals surface area contributed by atoms with E-state index in [9.17, 15) is 19.7 Å². The highest BCUT2D eigenvalue weighted by atomic mass is 16.6. The number of esters is 1. The van der Waals surface area contributed by atoms with Crippen LogP contribution in [-0.4, -0.2) is 49.2 Å². The van der Waals surface area contributed by atoms with E-state index in [4.69, 9.17) is 9.47 Å². The van der Waals surface area contributed by atoms with Gasteiger partial charge in [0.25, 0.3) is 11.6 Å². The van der Waals surface area contributed by atoms with Crippen LogP contribution in [0.2, 0.25) is 0 Å². The van der Waals surface area contributed by atoms with Crippen LogP contribution in [-0.2, 0) is 20.7 Å². The molecule has 33 heavy (non-hydrogen) atoms. The first kappa shape index (κ1) is 22.7. The Balaban J connectivity index is 1.47. The van der Waals surface area contributed by atoms with Crippen LogP contribution in [0.4, 0.5) is 11.4 Å². The van der Waals surface area contributed by atoms with Gasteiger partial charge in [-0.05, 0) is 49.4 Å². The quantitative estimate of drug-likeness (QED) is 0.406. The van der Waals surface area contributed by atoms with Crippen LogP contribution in [0.15, 0.2) is 42.5 Å². The minimum Gasteiger partial charge on any atom is -0.449 e. The molecule has 0 aromatic heterocycles. The van der Waals surface area contributed by atoms with Crippen molar-refractivity contribution in [3.05, 3.63) is 69.3 Å². The van der Waals surface area contributed by atoms with Gasteiger partial charge in [-0.2, -0.15) is 0 Å². The smallest absolute Gasteiger partial charge is 0.346 e. The summed E-state index contributed by atoms with van der Waals surface area (Å²) in [5, 5.41) is 14.5. The fraction of sp³-hybridized carbons (Fsp3) is 0.417. The van der Waals surface area contributed by atoms with E-state index in [0.717, 1.165) is 24.8 Å². The predicted molar refractivity (Wildman–Crippen MR) is 121 cm³/mol. The van der Waals surface area contributed by atoms with Crippen LogP contribution < -0.4 is 10.2 Å². The maximum absolute atomic E-state index is 12.9. The van der Waals surface area contributed by atoms with Gasteiger partial charge in [0, 0.05) is 24.8 Å². The molecule has 1 amide bonds. The first-order chi connectivity index (χ1) is 15.9. The number of amides is 1. The summed E-state index contributed by atoms with van der Waals surface area (Å²) in [4.78, 5) is 38.5. The lowest BCUT2D eigenvalue weighted by Crippen LogP contribution is -2.39. The number of rotatable bonds is 6. The van der Waals surface area contributed by atoms with Crippen molar-refractivity contribution in [3.8, 4) is 0 Å². The van der Waals surface area contributed by atoms with Crippen molar-refractivity contribution in [2.24, 2.45) is 0 Å². The van der Waals surface area contributed by atoms with Crippen LogP contribution in [0, 0.1) is 10.1 Å². The Morgan fingerprint density at radius 2 is 1.97 bits per heavy atom. The number of carbonyl (C=O) groups is 2. The van der Waals surface area contributed by atoms with Crippen molar-refractivity contribution in [2.75, 3.05) is 31.2 Å². The van der Waals surface area contributed by atoms with E-state index in [2.05, 4.69) is 11.4 Å². The summed E-state index contributed by atoms with van der Waals surface area (Å²) in [7, 11) is 0. The van der Waals surface area contributed by atoms with Crippen LogP contribution in [0.1, 0.15) is 47.3 Å². The third-order valence-electron chi connectivity index (χ3n) is 6.11. The summed E-state index contributed by atoms with van der Waals surface area (Å²) in [5.74, 6) is -1.33. The number of nitrogens with zero attached hydrogens (tertiary/aromatic N) is 2. The molecule has 2 aliphatic rings. The molecule has 9 nitrogen and oxygen atoms in total. The minimum absolute atomic E-state index is 0.150. The Bertz CT molecular complexity index is 1050. The number of carbonyl (C=O) groups excluding carboxylic acids is 2. The molecular weight excluding hydrogens is 426 g/mol. The zero-order valence-corrected chi connectivity index (χ0v) is 18.5. The molecule has 0 radical (unpaired) electrons. The number of hydrogen-bond acceptors (Lipinski definition) is 7. The zero-order valence-electron chi connectivity index (χ0n) is 18.5. The number of nitro benzene ring substituents is 1. The van der Waals surface area contributed by atoms with Gasteiger partial charge in [-0.1, -0.05) is 24.3 Å². The standard InChI is InChI=1S/C24H27N3O6/c1-16(23(28)25-21-8-4-6-17-5-2-3-7-19(17)21)33-24(29)20-15-18(9-10-22(20)27(30)31)26-11-13-32-14-12-26/h2-3,5,7,9-10,15-16,21H,4,6,8,11-14H2,1H3,(H,25,28)/t16-,21-/m1/s1. The van der Waals surface area contributed by atoms with Gasteiger partial charge in [-0.25, -0.2) is 4.79 Å². The maximum atomic E-state index is 12.9. The highest BCUT2D eigenvalue weighted by molar-refractivity contribution is 5.97. The van der Waals surface area contributed by atoms with Crippen molar-refractivity contribution < 1.29 is 24.0 Å². The first-order valence-electron chi connectivity index (χ1n) is 11.1. The van der Waals surface area contributed by atoms with E-state index in [-0.39, 0.29) is 17.3 Å². The molecule has 1 saturated heterocycles. The molecule has 2 atom stereocenters. The molecule has 0 spiro atoms. The molecular formula is C24H27N3O6. The lowest BCUT2D eigenvalue weighted by atomic mass is 9.87. The lowest BCUT2D eigenvalue weighted by molar-refractivity contribution is -0.385. The lowest BCUT2D eigenvalue weighted by Gasteiger charge is -2.29. The van der Waals surface area contributed by atoms with E-state index < -0.39 is 22.9 Å². The van der Waals surface area contributed by atoms with Crippen LogP contribution in [0.25, 0.3) is 0 Å². The Labute approximate surface area is 191 Å². The van der Waals surface area contributed by atoms with Crippen molar-refractivity contribution >= 4 is 23.3 Å². The molecule has 174 valence electrons. The van der Waals surface area contributed by atoms with Gasteiger partial charge in [-0.15, -0.1) is 0 Å². The second kappa shape index (κ2) is 9.99. The fourth-order valence-electron chi connectivity index (χ4n) is 4.34. The van der Waals surface area contributed by atoms with Crippen LogP contribution in [0.3, 0.4) is 0 Å². The summed E-state index contributed by atoms with van der Waals surface area (Å²) >= 11 is 0. The molecule has 0 unspecified atom stereocenters. The Morgan fingerprint density at radius 1 is 1.21 bits per heavy atom. The molecule has 1 aliphatic carbocycles. The van der Waals surface area contributed by atoms with Gasteiger partial charge in [0.05, 0.1) is 24.2 Å². The monoisotopic (exact) mass is 453 g/mol. The highest BCUT2D eigenvalue weighted by Gasteiger charge is 2.29. The molecule has 1 N–H and O–H groups in total.